The second kappa shape index (κ2) is 16.0. The minimum Gasteiger partial charge on any atom is -0.207 e. The highest BCUT2D eigenvalue weighted by molar-refractivity contribution is 5.71. The molecule has 0 N–H and O–H groups in total. The van der Waals surface area contributed by atoms with Crippen LogP contribution in [0.1, 0.15) is 121 Å². The van der Waals surface area contributed by atoms with Gasteiger partial charge in [0, 0.05) is 5.56 Å². The lowest BCUT2D eigenvalue weighted by molar-refractivity contribution is 0.156. The molecule has 0 heterocycles. The van der Waals surface area contributed by atoms with Crippen molar-refractivity contribution in [1.29, 1.82) is 0 Å². The summed E-state index contributed by atoms with van der Waals surface area (Å²) in [5.41, 5.74) is 3.87. The molecule has 2 aliphatic rings. The lowest BCUT2D eigenvalue weighted by Gasteiger charge is -2.38. The summed E-state index contributed by atoms with van der Waals surface area (Å²) in [6.45, 7) is 4.24. The smallest absolute Gasteiger partial charge is 0.166 e. The largest absolute Gasteiger partial charge is 0.207 e. The summed E-state index contributed by atoms with van der Waals surface area (Å²) in [4.78, 5) is 0. The second-order valence-corrected chi connectivity index (χ2v) is 13.6. The van der Waals surface area contributed by atoms with E-state index in [0.29, 0.717) is 23.5 Å². The summed E-state index contributed by atoms with van der Waals surface area (Å²) in [7, 11) is 0. The summed E-state index contributed by atoms with van der Waals surface area (Å²) in [5.74, 6) is 1.22. The first kappa shape index (κ1) is 32.6. The maximum absolute atomic E-state index is 15.5. The number of rotatable bonds is 12. The molecule has 3 heteroatoms. The van der Waals surface area contributed by atoms with Crippen LogP contribution >= 0.6 is 0 Å². The Morgan fingerprint density at radius 1 is 0.682 bits per heavy atom. The van der Waals surface area contributed by atoms with Gasteiger partial charge in [0.2, 0.25) is 0 Å². The zero-order chi connectivity index (χ0) is 30.9. The zero-order valence-corrected chi connectivity index (χ0v) is 26.9. The van der Waals surface area contributed by atoms with Gasteiger partial charge in [-0.3, -0.25) is 0 Å². The Labute approximate surface area is 264 Å². The molecule has 0 bridgehead atoms. The summed E-state index contributed by atoms with van der Waals surface area (Å²) in [5, 5.41) is 0. The first-order valence-electron chi connectivity index (χ1n) is 17.5. The first-order chi connectivity index (χ1) is 21.5. The molecule has 0 unspecified atom stereocenters. The van der Waals surface area contributed by atoms with Gasteiger partial charge in [-0.1, -0.05) is 99.7 Å². The lowest BCUT2D eigenvalue weighted by Crippen LogP contribution is -2.25. The van der Waals surface area contributed by atoms with Gasteiger partial charge in [-0.2, -0.15) is 0 Å². The molecule has 0 radical (unpaired) electrons. The van der Waals surface area contributed by atoms with Crippen molar-refractivity contribution >= 4 is 0 Å². The third-order valence-corrected chi connectivity index (χ3v) is 10.7. The van der Waals surface area contributed by atoms with Crippen molar-refractivity contribution < 1.29 is 13.2 Å². The van der Waals surface area contributed by atoms with Crippen molar-refractivity contribution in [3.63, 3.8) is 0 Å². The van der Waals surface area contributed by atoms with Gasteiger partial charge in [-0.15, -0.1) is 0 Å². The summed E-state index contributed by atoms with van der Waals surface area (Å²) >= 11 is 0. The second-order valence-electron chi connectivity index (χ2n) is 13.6. The van der Waals surface area contributed by atoms with Gasteiger partial charge >= 0.3 is 0 Å². The molecule has 0 atom stereocenters. The van der Waals surface area contributed by atoms with E-state index in [1.54, 1.807) is 30.3 Å². The van der Waals surface area contributed by atoms with Gasteiger partial charge in [0.1, 0.15) is 5.82 Å². The summed E-state index contributed by atoms with van der Waals surface area (Å²) in [6.07, 6.45) is 21.8. The van der Waals surface area contributed by atoms with E-state index in [2.05, 4.69) is 26.0 Å². The highest BCUT2D eigenvalue weighted by atomic mass is 19.2. The summed E-state index contributed by atoms with van der Waals surface area (Å²) in [6, 6.07) is 16.4. The van der Waals surface area contributed by atoms with Crippen LogP contribution in [0.5, 0.6) is 0 Å². The molecule has 0 aromatic heterocycles. The molecule has 0 amide bonds. The third kappa shape index (κ3) is 8.06. The number of hydrogen-bond acceptors (Lipinski definition) is 0. The Hall–Kier alpha value is -2.81. The Bertz CT molecular complexity index is 1360. The molecule has 44 heavy (non-hydrogen) atoms. The molecule has 0 spiro atoms. The van der Waals surface area contributed by atoms with Gasteiger partial charge in [-0.05, 0) is 129 Å². The normalized spacial score (nSPS) is 22.5. The monoisotopic (exact) mass is 600 g/mol. The standard InChI is InChI=1S/C41H51F3/c1-3-5-7-9-11-35-24-27-38(41(44)40(35)43)34-22-18-32(19-23-34)36-25-26-37(39(42)28-36)33-20-16-31(17-21-33)30-14-12-29(13-15-30)10-8-6-4-2/h4,6,18-19,22-31,33H,3,5,7-17,20-21H2,1-2H3/b6-4+. The van der Waals surface area contributed by atoms with Crippen LogP contribution in [0.15, 0.2) is 66.7 Å². The van der Waals surface area contributed by atoms with Crippen molar-refractivity contribution in [2.24, 2.45) is 17.8 Å². The fourth-order valence-corrected chi connectivity index (χ4v) is 7.98. The van der Waals surface area contributed by atoms with Gasteiger partial charge in [0.25, 0.3) is 0 Å². The number of unbranched alkanes of at least 4 members (excludes halogenated alkanes) is 3. The third-order valence-electron chi connectivity index (χ3n) is 10.7. The van der Waals surface area contributed by atoms with Crippen LogP contribution in [0.25, 0.3) is 22.3 Å². The predicted octanol–water partition coefficient (Wildman–Crippen LogP) is 13.0. The molecule has 5 rings (SSSR count). The number of halogens is 3. The van der Waals surface area contributed by atoms with E-state index in [9.17, 15) is 8.78 Å². The highest BCUT2D eigenvalue weighted by Crippen LogP contribution is 2.45. The Morgan fingerprint density at radius 2 is 1.34 bits per heavy atom. The van der Waals surface area contributed by atoms with Crippen molar-refractivity contribution in [2.75, 3.05) is 0 Å². The maximum Gasteiger partial charge on any atom is 0.166 e. The molecular formula is C41H51F3. The average molecular weight is 601 g/mol. The van der Waals surface area contributed by atoms with Gasteiger partial charge in [-0.25, -0.2) is 13.2 Å². The zero-order valence-electron chi connectivity index (χ0n) is 26.9. The van der Waals surface area contributed by atoms with E-state index in [1.807, 2.05) is 24.3 Å². The lowest BCUT2D eigenvalue weighted by atomic mass is 9.68. The maximum atomic E-state index is 15.5. The number of benzene rings is 3. The fraction of sp³-hybridized carbons (Fsp3) is 0.512. The molecule has 236 valence electrons. The van der Waals surface area contributed by atoms with E-state index in [1.165, 1.54) is 51.4 Å². The van der Waals surface area contributed by atoms with Crippen LogP contribution in [-0.2, 0) is 6.42 Å². The Balaban J connectivity index is 1.16. The number of aryl methyl sites for hydroxylation is 1. The highest BCUT2D eigenvalue weighted by Gasteiger charge is 2.32. The first-order valence-corrected chi connectivity index (χ1v) is 17.5. The predicted molar refractivity (Wildman–Crippen MR) is 179 cm³/mol. The van der Waals surface area contributed by atoms with Crippen molar-refractivity contribution in [2.45, 2.75) is 116 Å². The minimum absolute atomic E-state index is 0.126. The van der Waals surface area contributed by atoms with Crippen molar-refractivity contribution in [1.82, 2.24) is 0 Å². The van der Waals surface area contributed by atoms with Gasteiger partial charge < -0.3 is 0 Å². The van der Waals surface area contributed by atoms with E-state index >= 15 is 4.39 Å². The number of hydrogen-bond donors (Lipinski definition) is 0. The molecule has 0 nitrogen and oxygen atoms in total. The van der Waals surface area contributed by atoms with Crippen LogP contribution in [-0.4, -0.2) is 0 Å². The summed E-state index contributed by atoms with van der Waals surface area (Å²) < 4.78 is 45.2. The van der Waals surface area contributed by atoms with E-state index in [-0.39, 0.29) is 11.4 Å². The topological polar surface area (TPSA) is 0 Å². The van der Waals surface area contributed by atoms with E-state index < -0.39 is 11.6 Å². The van der Waals surface area contributed by atoms with Crippen LogP contribution in [0.4, 0.5) is 13.2 Å². The van der Waals surface area contributed by atoms with Crippen LogP contribution in [0, 0.1) is 35.2 Å². The van der Waals surface area contributed by atoms with Gasteiger partial charge in [0.15, 0.2) is 11.6 Å². The SMILES string of the molecule is C/C=C/CCC1CCC(C2CCC(c3ccc(-c4ccc(-c5ccc(CCCCCC)c(F)c5F)cc4)cc3F)CC2)CC1. The van der Waals surface area contributed by atoms with Crippen molar-refractivity contribution in [3.05, 3.63) is 95.3 Å². The van der Waals surface area contributed by atoms with Gasteiger partial charge in [0.05, 0.1) is 0 Å². The fourth-order valence-electron chi connectivity index (χ4n) is 7.98. The minimum atomic E-state index is -0.788. The molecule has 2 fully saturated rings. The van der Waals surface area contributed by atoms with Crippen LogP contribution in [0.2, 0.25) is 0 Å². The molecule has 2 aliphatic carbocycles. The Kier molecular flexibility index (Phi) is 11.8. The molecule has 0 aliphatic heterocycles. The Morgan fingerprint density at radius 3 is 2.00 bits per heavy atom. The van der Waals surface area contributed by atoms with E-state index in [4.69, 9.17) is 0 Å². The van der Waals surface area contributed by atoms with E-state index in [0.717, 1.165) is 73.0 Å². The molecule has 0 saturated heterocycles. The average Bonchev–Trinajstić information content (AvgIpc) is 3.06. The molecular weight excluding hydrogens is 549 g/mol. The molecule has 2 saturated carbocycles. The molecule has 3 aromatic rings. The quantitative estimate of drug-likeness (QED) is 0.143. The van der Waals surface area contributed by atoms with Crippen LogP contribution < -0.4 is 0 Å². The van der Waals surface area contributed by atoms with Crippen molar-refractivity contribution in [3.8, 4) is 22.3 Å². The molecule has 3 aromatic carbocycles. The van der Waals surface area contributed by atoms with Crippen LogP contribution in [0.3, 0.4) is 0 Å². The number of allylic oxidation sites excluding steroid dienone is 2.